The van der Waals surface area contributed by atoms with Crippen LogP contribution in [0.3, 0.4) is 0 Å². The second-order valence-corrected chi connectivity index (χ2v) is 17.4. The molecule has 2 aliphatic heterocycles. The van der Waals surface area contributed by atoms with Gasteiger partial charge in [-0.25, -0.2) is 4.98 Å². The summed E-state index contributed by atoms with van der Waals surface area (Å²) in [6.45, 7) is 17.5. The molecule has 0 bridgehead atoms. The summed E-state index contributed by atoms with van der Waals surface area (Å²) in [6.07, 6.45) is 6.81. The normalized spacial score (nSPS) is 23.3. The van der Waals surface area contributed by atoms with Crippen LogP contribution in [-0.4, -0.2) is 51.4 Å². The number of aromatic nitrogens is 3. The molecule has 0 N–H and O–H groups in total. The van der Waals surface area contributed by atoms with E-state index in [4.69, 9.17) is 4.43 Å². The number of rotatable bonds is 6. The molecule has 1 fully saturated rings. The van der Waals surface area contributed by atoms with Crippen LogP contribution >= 0.6 is 11.3 Å². The van der Waals surface area contributed by atoms with Crippen molar-refractivity contribution in [3.05, 3.63) is 58.9 Å². The van der Waals surface area contributed by atoms with Crippen LogP contribution in [0, 0.1) is 11.8 Å². The zero-order chi connectivity index (χ0) is 26.2. The first kappa shape index (κ1) is 25.0. The summed E-state index contributed by atoms with van der Waals surface area (Å²) in [5.41, 5.74) is 3.12. The lowest BCUT2D eigenvalue weighted by Gasteiger charge is -2.50. The Morgan fingerprint density at radius 2 is 2.00 bits per heavy atom. The third-order valence-corrected chi connectivity index (χ3v) is 14.0. The van der Waals surface area contributed by atoms with Gasteiger partial charge in [-0.15, -0.1) is 11.3 Å². The topological polar surface area (TPSA) is 76.8 Å². The van der Waals surface area contributed by atoms with Crippen LogP contribution in [0.2, 0.25) is 18.1 Å². The van der Waals surface area contributed by atoms with Crippen molar-refractivity contribution in [2.45, 2.75) is 71.8 Å². The number of ketones is 1. The van der Waals surface area contributed by atoms with Crippen LogP contribution in [-0.2, 0) is 9.22 Å². The molecular weight excluding hydrogens is 488 g/mol. The second kappa shape index (κ2) is 8.46. The first-order chi connectivity index (χ1) is 16.8. The minimum Gasteiger partial charge on any atom is -0.413 e. The molecule has 0 aliphatic carbocycles. The van der Waals surface area contributed by atoms with Crippen LogP contribution < -0.4 is 0 Å². The fourth-order valence-corrected chi connectivity index (χ4v) is 8.09. The summed E-state index contributed by atoms with van der Waals surface area (Å²) in [5.74, 6) is 0.0477. The first-order valence-electron chi connectivity index (χ1n) is 12.5. The SMILES string of the molecule is CC1=C(c2cn3cnc(C(=O)c4cccnc4)c3s2)[C@H](C)[C@@H]2[C@@H]([C@@H](C)O[Si](C)(C)C(C)(C)C)C(=O)N12. The Morgan fingerprint density at radius 1 is 1.28 bits per heavy atom. The van der Waals surface area contributed by atoms with E-state index in [0.717, 1.165) is 15.4 Å². The van der Waals surface area contributed by atoms with Gasteiger partial charge in [0.2, 0.25) is 11.7 Å². The number of amides is 1. The van der Waals surface area contributed by atoms with Gasteiger partial charge >= 0.3 is 0 Å². The number of β-lactam (4-membered cyclic amide) rings is 1. The Balaban J connectivity index is 1.43. The van der Waals surface area contributed by atoms with E-state index in [9.17, 15) is 9.59 Å². The van der Waals surface area contributed by atoms with Gasteiger partial charge < -0.3 is 9.33 Å². The molecule has 5 rings (SSSR count). The third-order valence-electron chi connectivity index (χ3n) is 8.32. The van der Waals surface area contributed by atoms with Crippen molar-refractivity contribution < 1.29 is 14.0 Å². The number of pyridine rings is 1. The van der Waals surface area contributed by atoms with E-state index in [1.54, 1.807) is 42.2 Å². The summed E-state index contributed by atoms with van der Waals surface area (Å²) >= 11 is 1.55. The Morgan fingerprint density at radius 3 is 2.64 bits per heavy atom. The standard InChI is InChI=1S/C27H34N4O3SSi/c1-15-20(16(2)31-23(15)21(25(31)33)17(3)34-36(7,8)27(4,5)6)19-13-30-14-29-22(26(30)35-19)24(32)18-10-9-11-28-12-18/h9-15,17,21,23H,1-8H3/t15-,17+,21+,23+/m0/s1. The van der Waals surface area contributed by atoms with Crippen molar-refractivity contribution in [1.82, 2.24) is 19.3 Å². The zero-order valence-corrected chi connectivity index (χ0v) is 24.0. The number of nitrogens with zero attached hydrogens (tertiary/aromatic N) is 4. The number of hydrogen-bond acceptors (Lipinski definition) is 6. The van der Waals surface area contributed by atoms with E-state index < -0.39 is 8.32 Å². The number of imidazole rings is 1. The minimum absolute atomic E-state index is 0.0894. The number of allylic oxidation sites excluding steroid dienone is 1. The Labute approximate surface area is 217 Å². The van der Waals surface area contributed by atoms with Gasteiger partial charge in [0.25, 0.3) is 0 Å². The van der Waals surface area contributed by atoms with E-state index in [-0.39, 0.29) is 40.7 Å². The average molecular weight is 523 g/mol. The summed E-state index contributed by atoms with van der Waals surface area (Å²) in [7, 11) is -1.99. The molecule has 1 amide bonds. The fourth-order valence-electron chi connectivity index (χ4n) is 5.40. The van der Waals surface area contributed by atoms with Crippen LogP contribution in [0.1, 0.15) is 62.5 Å². The molecule has 190 valence electrons. The maximum Gasteiger partial charge on any atom is 0.234 e. The van der Waals surface area contributed by atoms with E-state index in [2.05, 4.69) is 57.7 Å². The monoisotopic (exact) mass is 522 g/mol. The molecule has 3 aromatic heterocycles. The molecule has 0 saturated carbocycles. The third kappa shape index (κ3) is 3.71. The number of carbonyl (C=O) groups is 2. The lowest BCUT2D eigenvalue weighted by Crippen LogP contribution is -2.64. The number of fused-ring (bicyclic) bond motifs is 2. The van der Waals surface area contributed by atoms with Gasteiger partial charge in [0.15, 0.2) is 8.32 Å². The molecule has 0 unspecified atom stereocenters. The van der Waals surface area contributed by atoms with Crippen LogP contribution in [0.15, 0.2) is 42.7 Å². The van der Waals surface area contributed by atoms with Crippen molar-refractivity contribution in [2.24, 2.45) is 11.8 Å². The first-order valence-corrected chi connectivity index (χ1v) is 16.2. The van der Waals surface area contributed by atoms with Gasteiger partial charge in [-0.05, 0) is 49.7 Å². The van der Waals surface area contributed by atoms with Crippen molar-refractivity contribution in [2.75, 3.05) is 0 Å². The van der Waals surface area contributed by atoms with Gasteiger partial charge in [0.1, 0.15) is 16.9 Å². The molecular formula is C27H34N4O3SSi. The van der Waals surface area contributed by atoms with Crippen molar-refractivity contribution in [1.29, 1.82) is 0 Å². The van der Waals surface area contributed by atoms with Crippen molar-refractivity contribution in [3.63, 3.8) is 0 Å². The number of hydrogen-bond donors (Lipinski definition) is 0. The molecule has 1 saturated heterocycles. The van der Waals surface area contributed by atoms with Gasteiger partial charge in [-0.3, -0.25) is 19.0 Å². The molecule has 9 heteroatoms. The molecule has 0 aromatic carbocycles. The van der Waals surface area contributed by atoms with E-state index in [1.807, 2.05) is 22.4 Å². The number of carbonyl (C=O) groups excluding carboxylic acids is 2. The van der Waals surface area contributed by atoms with E-state index in [0.29, 0.717) is 11.3 Å². The van der Waals surface area contributed by atoms with E-state index in [1.165, 1.54) is 5.57 Å². The second-order valence-electron chi connectivity index (χ2n) is 11.6. The molecule has 7 nitrogen and oxygen atoms in total. The molecule has 0 spiro atoms. The molecule has 4 atom stereocenters. The maximum absolute atomic E-state index is 13.3. The zero-order valence-electron chi connectivity index (χ0n) is 22.2. The van der Waals surface area contributed by atoms with Gasteiger partial charge in [0, 0.05) is 35.8 Å². The quantitative estimate of drug-likeness (QED) is 0.238. The van der Waals surface area contributed by atoms with Gasteiger partial charge in [0.05, 0.1) is 22.9 Å². The molecule has 2 aliphatic rings. The Hall–Kier alpha value is -2.62. The largest absolute Gasteiger partial charge is 0.413 e. The van der Waals surface area contributed by atoms with Gasteiger partial charge in [-0.2, -0.15) is 0 Å². The van der Waals surface area contributed by atoms with Crippen molar-refractivity contribution in [3.8, 4) is 0 Å². The van der Waals surface area contributed by atoms with Gasteiger partial charge in [-0.1, -0.05) is 27.7 Å². The average Bonchev–Trinajstić information content (AvgIpc) is 3.42. The van der Waals surface area contributed by atoms with E-state index >= 15 is 0 Å². The molecule has 0 radical (unpaired) electrons. The molecule has 3 aromatic rings. The minimum atomic E-state index is -1.99. The highest BCUT2D eigenvalue weighted by Gasteiger charge is 2.59. The Bertz CT molecular complexity index is 1380. The fraction of sp³-hybridized carbons (Fsp3) is 0.481. The Kier molecular flexibility index (Phi) is 5.89. The summed E-state index contributed by atoms with van der Waals surface area (Å²) < 4.78 is 8.56. The predicted octanol–water partition coefficient (Wildman–Crippen LogP) is 5.64. The van der Waals surface area contributed by atoms with Crippen LogP contribution in [0.25, 0.3) is 10.4 Å². The summed E-state index contributed by atoms with van der Waals surface area (Å²) in [4.78, 5) is 38.7. The summed E-state index contributed by atoms with van der Waals surface area (Å²) in [5, 5.41) is 0.0894. The molecule has 5 heterocycles. The van der Waals surface area contributed by atoms with Crippen molar-refractivity contribution >= 4 is 41.7 Å². The van der Waals surface area contributed by atoms with Crippen LogP contribution in [0.4, 0.5) is 0 Å². The number of thiazole rings is 1. The highest BCUT2D eigenvalue weighted by molar-refractivity contribution is 7.18. The maximum atomic E-state index is 13.3. The predicted molar refractivity (Wildman–Crippen MR) is 144 cm³/mol. The smallest absolute Gasteiger partial charge is 0.234 e. The lowest BCUT2D eigenvalue weighted by atomic mass is 9.77. The summed E-state index contributed by atoms with van der Waals surface area (Å²) in [6, 6.07) is 3.61. The highest BCUT2D eigenvalue weighted by Crippen LogP contribution is 2.52. The lowest BCUT2D eigenvalue weighted by molar-refractivity contribution is -0.158. The molecule has 36 heavy (non-hydrogen) atoms. The highest BCUT2D eigenvalue weighted by atomic mass is 32.1. The van der Waals surface area contributed by atoms with Crippen LogP contribution in [0.5, 0.6) is 0 Å².